The van der Waals surface area contributed by atoms with E-state index in [2.05, 4.69) is 18.2 Å². The Hall–Kier alpha value is -3.95. The monoisotopic (exact) mass is 456 g/mol. The summed E-state index contributed by atoms with van der Waals surface area (Å²) in [6, 6.07) is 24.5. The lowest BCUT2D eigenvalue weighted by Gasteiger charge is -2.32. The normalized spacial score (nSPS) is 13.3. The molecule has 3 atom stereocenters. The van der Waals surface area contributed by atoms with E-state index >= 15 is 0 Å². The maximum absolute atomic E-state index is 13.1. The Bertz CT molecular complexity index is 1110. The number of nitrogens with zero attached hydrogens (tertiary/aromatic N) is 1. The lowest BCUT2D eigenvalue weighted by atomic mass is 9.88. The summed E-state index contributed by atoms with van der Waals surface area (Å²) in [5.74, 6) is 2.15. The molecule has 0 aromatic heterocycles. The number of terminal acetylenes is 1. The van der Waals surface area contributed by atoms with Gasteiger partial charge < -0.3 is 10.1 Å². The third kappa shape index (κ3) is 6.53. The molecule has 3 aromatic carbocycles. The number of esters is 1. The minimum absolute atomic E-state index is 0.0890. The second-order valence-electron chi connectivity index (χ2n) is 7.99. The highest BCUT2D eigenvalue weighted by molar-refractivity contribution is 5.89. The van der Waals surface area contributed by atoms with Gasteiger partial charge in [-0.15, -0.1) is 12.3 Å². The molecule has 174 valence electrons. The van der Waals surface area contributed by atoms with E-state index in [1.807, 2.05) is 60.7 Å². The summed E-state index contributed by atoms with van der Waals surface area (Å²) in [6.07, 6.45) is 6.93. The number of nitro groups is 1. The molecule has 0 radical (unpaired) electrons. The summed E-state index contributed by atoms with van der Waals surface area (Å²) >= 11 is 0. The van der Waals surface area contributed by atoms with Crippen LogP contribution in [0.2, 0.25) is 0 Å². The predicted octanol–water partition coefficient (Wildman–Crippen LogP) is 5.70. The van der Waals surface area contributed by atoms with Gasteiger partial charge in [-0.2, -0.15) is 0 Å². The van der Waals surface area contributed by atoms with E-state index in [1.165, 1.54) is 24.3 Å². The van der Waals surface area contributed by atoms with Crippen molar-refractivity contribution in [3.8, 4) is 12.3 Å². The van der Waals surface area contributed by atoms with Crippen molar-refractivity contribution in [3.05, 3.63) is 112 Å². The van der Waals surface area contributed by atoms with Crippen molar-refractivity contribution in [2.24, 2.45) is 5.92 Å². The fraction of sp³-hybridized carbons (Fsp3) is 0.250. The van der Waals surface area contributed by atoms with Crippen LogP contribution in [0.4, 0.5) is 5.69 Å². The lowest BCUT2D eigenvalue weighted by molar-refractivity contribution is -0.384. The van der Waals surface area contributed by atoms with Crippen LogP contribution in [0.15, 0.2) is 84.9 Å². The summed E-state index contributed by atoms with van der Waals surface area (Å²) in [6.45, 7) is 2.63. The third-order valence-electron chi connectivity index (χ3n) is 5.63. The van der Waals surface area contributed by atoms with Crippen LogP contribution in [0.3, 0.4) is 0 Å². The molecule has 34 heavy (non-hydrogen) atoms. The second kappa shape index (κ2) is 12.3. The van der Waals surface area contributed by atoms with Gasteiger partial charge in [0.1, 0.15) is 6.10 Å². The molecule has 0 unspecified atom stereocenters. The Morgan fingerprint density at radius 2 is 1.65 bits per heavy atom. The van der Waals surface area contributed by atoms with E-state index in [4.69, 9.17) is 11.2 Å². The molecule has 3 aromatic rings. The minimum Gasteiger partial charge on any atom is -0.452 e. The maximum atomic E-state index is 13.1. The van der Waals surface area contributed by atoms with Crippen LogP contribution in [0.1, 0.15) is 47.4 Å². The van der Waals surface area contributed by atoms with E-state index in [0.29, 0.717) is 6.54 Å². The lowest BCUT2D eigenvalue weighted by Crippen LogP contribution is -2.42. The number of non-ortho nitro benzene ring substituents is 1. The molecule has 0 heterocycles. The number of rotatable bonds is 11. The Morgan fingerprint density at radius 1 is 1.03 bits per heavy atom. The quantitative estimate of drug-likeness (QED) is 0.173. The molecular formula is C28H28N2O4. The van der Waals surface area contributed by atoms with E-state index in [-0.39, 0.29) is 23.2 Å². The third-order valence-corrected chi connectivity index (χ3v) is 5.63. The van der Waals surface area contributed by atoms with Crippen LogP contribution in [0.25, 0.3) is 0 Å². The van der Waals surface area contributed by atoms with Gasteiger partial charge in [-0.25, -0.2) is 4.79 Å². The van der Waals surface area contributed by atoms with Crippen molar-refractivity contribution >= 4 is 11.7 Å². The molecule has 0 aliphatic carbocycles. The molecule has 0 aliphatic heterocycles. The Morgan fingerprint density at radius 3 is 2.21 bits per heavy atom. The largest absolute Gasteiger partial charge is 0.452 e. The highest BCUT2D eigenvalue weighted by Crippen LogP contribution is 2.30. The van der Waals surface area contributed by atoms with Crippen molar-refractivity contribution in [2.75, 3.05) is 0 Å². The average Bonchev–Trinajstić information content (AvgIpc) is 2.88. The molecule has 0 amide bonds. The SMILES string of the molecule is C#C[C@H](CCC)[C@H](NCc1ccccc1)[C@H](OC(=O)c1ccc([N+](=O)[O-])cc1)c1ccccc1. The molecule has 0 aliphatic rings. The molecule has 0 saturated carbocycles. The van der Waals surface area contributed by atoms with Crippen LogP contribution in [-0.4, -0.2) is 16.9 Å². The summed E-state index contributed by atoms with van der Waals surface area (Å²) in [7, 11) is 0. The summed E-state index contributed by atoms with van der Waals surface area (Å²) < 4.78 is 6.04. The number of hydrogen-bond acceptors (Lipinski definition) is 5. The van der Waals surface area contributed by atoms with Gasteiger partial charge in [0, 0.05) is 24.6 Å². The Labute approximate surface area is 200 Å². The van der Waals surface area contributed by atoms with Gasteiger partial charge in [-0.05, 0) is 29.7 Å². The predicted molar refractivity (Wildman–Crippen MR) is 132 cm³/mol. The molecule has 1 N–H and O–H groups in total. The van der Waals surface area contributed by atoms with E-state index in [1.54, 1.807) is 0 Å². The summed E-state index contributed by atoms with van der Waals surface area (Å²) in [5.41, 5.74) is 2.06. The minimum atomic E-state index is -0.653. The number of nitro benzene ring substituents is 1. The van der Waals surface area contributed by atoms with E-state index in [0.717, 1.165) is 24.0 Å². The molecule has 0 spiro atoms. The van der Waals surface area contributed by atoms with Gasteiger partial charge in [-0.3, -0.25) is 10.1 Å². The van der Waals surface area contributed by atoms with Crippen LogP contribution in [-0.2, 0) is 11.3 Å². The number of carbonyl (C=O) groups is 1. The fourth-order valence-electron chi connectivity index (χ4n) is 3.86. The highest BCUT2D eigenvalue weighted by Gasteiger charge is 2.32. The topological polar surface area (TPSA) is 81.5 Å². The molecule has 3 rings (SSSR count). The van der Waals surface area contributed by atoms with Crippen LogP contribution in [0.5, 0.6) is 0 Å². The summed E-state index contributed by atoms with van der Waals surface area (Å²) in [4.78, 5) is 23.5. The van der Waals surface area contributed by atoms with Crippen molar-refractivity contribution < 1.29 is 14.5 Å². The fourth-order valence-corrected chi connectivity index (χ4v) is 3.86. The zero-order chi connectivity index (χ0) is 24.3. The second-order valence-corrected chi connectivity index (χ2v) is 7.99. The molecule has 6 nitrogen and oxygen atoms in total. The van der Waals surface area contributed by atoms with E-state index in [9.17, 15) is 14.9 Å². The zero-order valence-corrected chi connectivity index (χ0v) is 19.1. The maximum Gasteiger partial charge on any atom is 0.338 e. The van der Waals surface area contributed by atoms with Crippen LogP contribution in [0, 0.1) is 28.4 Å². The van der Waals surface area contributed by atoms with E-state index < -0.39 is 17.0 Å². The number of carbonyl (C=O) groups excluding carboxylic acids is 1. The van der Waals surface area contributed by atoms with Crippen molar-refractivity contribution in [2.45, 2.75) is 38.5 Å². The first-order chi connectivity index (χ1) is 16.5. The Balaban J connectivity index is 1.92. The smallest absolute Gasteiger partial charge is 0.338 e. The van der Waals surface area contributed by atoms with Crippen molar-refractivity contribution in [1.82, 2.24) is 5.32 Å². The summed E-state index contributed by atoms with van der Waals surface area (Å²) in [5, 5.41) is 14.5. The first-order valence-corrected chi connectivity index (χ1v) is 11.3. The zero-order valence-electron chi connectivity index (χ0n) is 19.1. The number of hydrogen-bond donors (Lipinski definition) is 1. The van der Waals surface area contributed by atoms with Gasteiger partial charge in [0.15, 0.2) is 0 Å². The van der Waals surface area contributed by atoms with Gasteiger partial charge in [-0.1, -0.05) is 74.0 Å². The van der Waals surface area contributed by atoms with Crippen LogP contribution >= 0.6 is 0 Å². The molecule has 0 saturated heterocycles. The molecular weight excluding hydrogens is 428 g/mol. The standard InChI is InChI=1S/C28H28N2O4/c1-3-11-22(4-2)26(29-20-21-12-7-5-8-13-21)27(23-14-9-6-10-15-23)34-28(31)24-16-18-25(19-17-24)30(32)33/h2,5-10,12-19,22,26-27,29H,3,11,20H2,1H3/t22-,26+,27-/m1/s1. The number of benzene rings is 3. The highest BCUT2D eigenvalue weighted by atomic mass is 16.6. The first kappa shape index (κ1) is 24.7. The van der Waals surface area contributed by atoms with Gasteiger partial charge in [0.25, 0.3) is 5.69 Å². The molecule has 0 fully saturated rings. The number of ether oxygens (including phenoxy) is 1. The van der Waals surface area contributed by atoms with Gasteiger partial charge >= 0.3 is 5.97 Å². The van der Waals surface area contributed by atoms with Gasteiger partial charge in [0.05, 0.1) is 16.5 Å². The first-order valence-electron chi connectivity index (χ1n) is 11.3. The molecule has 6 heteroatoms. The Kier molecular flexibility index (Phi) is 8.96. The average molecular weight is 457 g/mol. The van der Waals surface area contributed by atoms with Gasteiger partial charge in [0.2, 0.25) is 0 Å². The number of nitrogens with one attached hydrogen (secondary N) is 1. The van der Waals surface area contributed by atoms with Crippen molar-refractivity contribution in [1.29, 1.82) is 0 Å². The van der Waals surface area contributed by atoms with Crippen molar-refractivity contribution in [3.63, 3.8) is 0 Å². The van der Waals surface area contributed by atoms with Crippen LogP contribution < -0.4 is 5.32 Å². The molecule has 0 bridgehead atoms.